The van der Waals surface area contributed by atoms with Gasteiger partial charge in [-0.1, -0.05) is 0 Å². The maximum atomic E-state index is 11.4. The number of ether oxygens (including phenoxy) is 1. The highest BCUT2D eigenvalue weighted by molar-refractivity contribution is 6.03. The van der Waals surface area contributed by atoms with Crippen molar-refractivity contribution >= 4 is 11.8 Å². The van der Waals surface area contributed by atoms with Crippen molar-refractivity contribution in [2.24, 2.45) is 5.41 Å². The zero-order chi connectivity index (χ0) is 10.1. The molecule has 0 aromatic carbocycles. The molecule has 0 heterocycles. The molecule has 0 radical (unpaired) electrons. The second-order valence-corrected chi connectivity index (χ2v) is 3.43. The number of methoxy groups -OCH3 is 1. The highest BCUT2D eigenvalue weighted by atomic mass is 16.5. The molecule has 0 saturated heterocycles. The monoisotopic (exact) mass is 186 g/mol. The molecule has 0 bridgehead atoms. The average molecular weight is 186 g/mol. The topological polar surface area (TPSA) is 63.6 Å². The summed E-state index contributed by atoms with van der Waals surface area (Å²) in [7, 11) is 1.23. The van der Waals surface area contributed by atoms with Gasteiger partial charge in [0.15, 0.2) is 5.41 Å². The van der Waals surface area contributed by atoms with Crippen molar-refractivity contribution in [3.8, 4) is 0 Å². The molecule has 0 aromatic rings. The molecule has 1 N–H and O–H groups in total. The number of hydrogen-bond acceptors (Lipinski definition) is 4. The Labute approximate surface area is 76.9 Å². The Hall–Kier alpha value is -0.900. The van der Waals surface area contributed by atoms with Gasteiger partial charge in [0.1, 0.15) is 5.78 Å². The summed E-state index contributed by atoms with van der Waals surface area (Å²) in [6.45, 7) is 1.32. The van der Waals surface area contributed by atoms with Crippen LogP contribution in [0.15, 0.2) is 0 Å². The van der Waals surface area contributed by atoms with Crippen molar-refractivity contribution in [2.45, 2.75) is 32.3 Å². The standard InChI is InChI=1S/C9H14O4/c1-6(10)9(8(12)13-2)5-3-4-7(9)11/h7,11H,3-5H2,1-2H3/t7-,9-/m0/s1. The lowest BCUT2D eigenvalue weighted by molar-refractivity contribution is -0.163. The number of hydrogen-bond donors (Lipinski definition) is 1. The van der Waals surface area contributed by atoms with Gasteiger partial charge >= 0.3 is 5.97 Å². The second kappa shape index (κ2) is 3.46. The van der Waals surface area contributed by atoms with E-state index in [-0.39, 0.29) is 5.78 Å². The van der Waals surface area contributed by atoms with Crippen LogP contribution in [0.25, 0.3) is 0 Å². The van der Waals surface area contributed by atoms with E-state index < -0.39 is 17.5 Å². The summed E-state index contributed by atoms with van der Waals surface area (Å²) >= 11 is 0. The van der Waals surface area contributed by atoms with Gasteiger partial charge in [-0.25, -0.2) is 0 Å². The number of esters is 1. The van der Waals surface area contributed by atoms with Gasteiger partial charge in [0.05, 0.1) is 13.2 Å². The molecule has 4 heteroatoms. The predicted molar refractivity (Wildman–Crippen MR) is 45.0 cm³/mol. The highest BCUT2D eigenvalue weighted by Crippen LogP contribution is 2.40. The number of carbonyl (C=O) groups is 2. The lowest BCUT2D eigenvalue weighted by Gasteiger charge is -2.26. The van der Waals surface area contributed by atoms with E-state index in [1.165, 1.54) is 14.0 Å². The SMILES string of the molecule is COC(=O)[C@]1(C(C)=O)CCC[C@@H]1O. The van der Waals surface area contributed by atoms with Crippen LogP contribution in [-0.4, -0.2) is 30.1 Å². The first-order chi connectivity index (χ1) is 6.05. The number of Topliss-reactive ketones (excluding diaryl/α,β-unsaturated/α-hetero) is 1. The maximum absolute atomic E-state index is 11.4. The van der Waals surface area contributed by atoms with Gasteiger partial charge in [-0.2, -0.15) is 0 Å². The van der Waals surface area contributed by atoms with Gasteiger partial charge in [-0.05, 0) is 26.2 Å². The molecular weight excluding hydrogens is 172 g/mol. The number of carbonyl (C=O) groups excluding carboxylic acids is 2. The first kappa shape index (κ1) is 10.2. The van der Waals surface area contributed by atoms with E-state index in [9.17, 15) is 14.7 Å². The molecule has 1 rings (SSSR count). The van der Waals surface area contributed by atoms with E-state index in [4.69, 9.17) is 0 Å². The smallest absolute Gasteiger partial charge is 0.322 e. The Kier molecular flexibility index (Phi) is 2.71. The summed E-state index contributed by atoms with van der Waals surface area (Å²) in [5.74, 6) is -0.908. The Morgan fingerprint density at radius 2 is 2.15 bits per heavy atom. The highest BCUT2D eigenvalue weighted by Gasteiger charge is 2.53. The molecule has 0 unspecified atom stereocenters. The molecule has 1 saturated carbocycles. The van der Waals surface area contributed by atoms with E-state index in [0.29, 0.717) is 19.3 Å². The van der Waals surface area contributed by atoms with Gasteiger partial charge in [0.2, 0.25) is 0 Å². The van der Waals surface area contributed by atoms with Gasteiger partial charge in [-0.3, -0.25) is 9.59 Å². The minimum atomic E-state index is -1.28. The number of aliphatic hydroxyl groups is 1. The number of rotatable bonds is 2. The van der Waals surface area contributed by atoms with Crippen molar-refractivity contribution in [3.63, 3.8) is 0 Å². The minimum Gasteiger partial charge on any atom is -0.468 e. The van der Waals surface area contributed by atoms with Crippen LogP contribution in [0.4, 0.5) is 0 Å². The molecule has 4 nitrogen and oxygen atoms in total. The van der Waals surface area contributed by atoms with Crippen LogP contribution < -0.4 is 0 Å². The molecule has 1 aliphatic rings. The Morgan fingerprint density at radius 1 is 1.54 bits per heavy atom. The summed E-state index contributed by atoms with van der Waals surface area (Å²) in [5, 5.41) is 9.59. The first-order valence-electron chi connectivity index (χ1n) is 4.33. The summed E-state index contributed by atoms with van der Waals surface area (Å²) in [5.41, 5.74) is -1.28. The van der Waals surface area contributed by atoms with Crippen LogP contribution >= 0.6 is 0 Å². The Balaban J connectivity index is 3.00. The van der Waals surface area contributed by atoms with Crippen LogP contribution in [0.3, 0.4) is 0 Å². The van der Waals surface area contributed by atoms with Crippen molar-refractivity contribution in [1.82, 2.24) is 0 Å². The van der Waals surface area contributed by atoms with Crippen LogP contribution in [0.2, 0.25) is 0 Å². The molecule has 13 heavy (non-hydrogen) atoms. The zero-order valence-electron chi connectivity index (χ0n) is 7.87. The van der Waals surface area contributed by atoms with Crippen molar-refractivity contribution in [2.75, 3.05) is 7.11 Å². The fourth-order valence-corrected chi connectivity index (χ4v) is 1.96. The molecule has 0 spiro atoms. The van der Waals surface area contributed by atoms with Crippen LogP contribution in [0, 0.1) is 5.41 Å². The Morgan fingerprint density at radius 3 is 2.46 bits per heavy atom. The molecule has 0 amide bonds. The van der Waals surface area contributed by atoms with Crippen LogP contribution in [0.5, 0.6) is 0 Å². The quantitative estimate of drug-likeness (QED) is 0.497. The third-order valence-electron chi connectivity index (χ3n) is 2.80. The third-order valence-corrected chi connectivity index (χ3v) is 2.80. The summed E-state index contributed by atoms with van der Waals surface area (Å²) in [6, 6.07) is 0. The lowest BCUT2D eigenvalue weighted by Crippen LogP contribution is -2.45. The van der Waals surface area contributed by atoms with Gasteiger partial charge in [0, 0.05) is 0 Å². The summed E-state index contributed by atoms with van der Waals surface area (Å²) in [6.07, 6.45) is 0.707. The third kappa shape index (κ3) is 1.35. The van der Waals surface area contributed by atoms with Gasteiger partial charge < -0.3 is 9.84 Å². The van der Waals surface area contributed by atoms with E-state index >= 15 is 0 Å². The molecule has 1 aliphatic carbocycles. The zero-order valence-corrected chi connectivity index (χ0v) is 7.87. The van der Waals surface area contributed by atoms with Crippen LogP contribution in [-0.2, 0) is 14.3 Å². The fourth-order valence-electron chi connectivity index (χ4n) is 1.96. The van der Waals surface area contributed by atoms with Crippen molar-refractivity contribution in [1.29, 1.82) is 0 Å². The van der Waals surface area contributed by atoms with Gasteiger partial charge in [0.25, 0.3) is 0 Å². The normalized spacial score (nSPS) is 33.0. The Bertz CT molecular complexity index is 236. The van der Waals surface area contributed by atoms with Crippen molar-refractivity contribution in [3.05, 3.63) is 0 Å². The molecule has 0 aliphatic heterocycles. The molecule has 1 fully saturated rings. The van der Waals surface area contributed by atoms with Crippen molar-refractivity contribution < 1.29 is 19.4 Å². The number of aliphatic hydroxyl groups excluding tert-OH is 1. The lowest BCUT2D eigenvalue weighted by atomic mass is 9.80. The van der Waals surface area contributed by atoms with E-state index in [2.05, 4.69) is 4.74 Å². The minimum absolute atomic E-state index is 0.302. The van der Waals surface area contributed by atoms with Gasteiger partial charge in [-0.15, -0.1) is 0 Å². The fraction of sp³-hybridized carbons (Fsp3) is 0.778. The van der Waals surface area contributed by atoms with E-state index in [1.807, 2.05) is 0 Å². The molecule has 74 valence electrons. The summed E-state index contributed by atoms with van der Waals surface area (Å²) < 4.78 is 4.55. The molecule has 0 aromatic heterocycles. The molecular formula is C9H14O4. The maximum Gasteiger partial charge on any atom is 0.322 e. The number of ketones is 1. The molecule has 2 atom stereocenters. The average Bonchev–Trinajstić information content (AvgIpc) is 2.47. The first-order valence-corrected chi connectivity index (χ1v) is 4.33. The second-order valence-electron chi connectivity index (χ2n) is 3.43. The largest absolute Gasteiger partial charge is 0.468 e. The van der Waals surface area contributed by atoms with E-state index in [1.54, 1.807) is 0 Å². The summed E-state index contributed by atoms with van der Waals surface area (Å²) in [4.78, 5) is 22.7. The van der Waals surface area contributed by atoms with Crippen LogP contribution in [0.1, 0.15) is 26.2 Å². The predicted octanol–water partition coefficient (Wildman–Crippen LogP) is 0.280. The van der Waals surface area contributed by atoms with E-state index in [0.717, 1.165) is 0 Å².